The lowest BCUT2D eigenvalue weighted by molar-refractivity contribution is 0.0195. The topological polar surface area (TPSA) is 62.5 Å². The van der Waals surface area contributed by atoms with E-state index in [-0.39, 0.29) is 24.0 Å². The molecule has 3 saturated heterocycles. The fourth-order valence-corrected chi connectivity index (χ4v) is 4.14. The van der Waals surface area contributed by atoms with E-state index >= 15 is 0 Å². The van der Waals surface area contributed by atoms with Crippen molar-refractivity contribution in [1.82, 2.24) is 15.1 Å². The number of morpholine rings is 1. The summed E-state index contributed by atoms with van der Waals surface area (Å²) in [5, 5.41) is 3.58. The van der Waals surface area contributed by atoms with Crippen molar-refractivity contribution in [3.63, 3.8) is 0 Å². The Labute approximate surface area is 184 Å². The van der Waals surface area contributed by atoms with Crippen LogP contribution in [0.25, 0.3) is 0 Å². The van der Waals surface area contributed by atoms with Crippen LogP contribution >= 0.6 is 24.0 Å². The summed E-state index contributed by atoms with van der Waals surface area (Å²) in [5.41, 5.74) is 0. The zero-order valence-electron chi connectivity index (χ0n) is 16.6. The summed E-state index contributed by atoms with van der Waals surface area (Å²) >= 11 is 0. The number of rotatable bonds is 6. The molecule has 4 heterocycles. The third kappa shape index (κ3) is 6.08. The molecule has 7 nitrogen and oxygen atoms in total. The maximum absolute atomic E-state index is 5.51. The molecule has 0 aromatic carbocycles. The minimum absolute atomic E-state index is 0. The molecule has 3 aliphatic heterocycles. The van der Waals surface area contributed by atoms with Crippen molar-refractivity contribution in [2.45, 2.75) is 25.3 Å². The minimum Gasteiger partial charge on any atom is -0.469 e. The minimum atomic E-state index is 0. The van der Waals surface area contributed by atoms with Gasteiger partial charge in [-0.05, 0) is 25.0 Å². The van der Waals surface area contributed by atoms with Crippen molar-refractivity contribution in [3.05, 3.63) is 24.2 Å². The molecule has 0 bridgehead atoms. The second-order valence-electron chi connectivity index (χ2n) is 7.69. The fraction of sp³-hybridized carbons (Fsp3) is 0.750. The van der Waals surface area contributed by atoms with Gasteiger partial charge >= 0.3 is 0 Å². The van der Waals surface area contributed by atoms with Crippen molar-refractivity contribution >= 4 is 29.9 Å². The Bertz CT molecular complexity index is 586. The van der Waals surface area contributed by atoms with E-state index in [1.165, 1.54) is 6.42 Å². The predicted molar refractivity (Wildman–Crippen MR) is 119 cm³/mol. The quantitative estimate of drug-likeness (QED) is 0.363. The monoisotopic (exact) mass is 504 g/mol. The molecule has 28 heavy (non-hydrogen) atoms. The van der Waals surface area contributed by atoms with Gasteiger partial charge in [0.2, 0.25) is 0 Å². The number of hydrogen-bond acceptors (Lipinski definition) is 5. The van der Waals surface area contributed by atoms with Crippen molar-refractivity contribution in [1.29, 1.82) is 0 Å². The van der Waals surface area contributed by atoms with E-state index in [1.807, 2.05) is 12.1 Å². The smallest absolute Gasteiger partial charge is 0.194 e. The maximum atomic E-state index is 5.51. The molecule has 3 fully saturated rings. The number of guanidine groups is 1. The van der Waals surface area contributed by atoms with Gasteiger partial charge in [0.25, 0.3) is 0 Å². The lowest BCUT2D eigenvalue weighted by Crippen LogP contribution is -2.47. The summed E-state index contributed by atoms with van der Waals surface area (Å²) in [5.74, 6) is 2.62. The number of halogens is 1. The predicted octanol–water partition coefficient (Wildman–Crippen LogP) is 1.83. The normalized spacial score (nSPS) is 26.4. The lowest BCUT2D eigenvalue weighted by Gasteiger charge is -2.32. The summed E-state index contributed by atoms with van der Waals surface area (Å²) in [6.45, 7) is 9.36. The summed E-state index contributed by atoms with van der Waals surface area (Å²) in [6.07, 6.45) is 4.93. The molecule has 0 aliphatic carbocycles. The largest absolute Gasteiger partial charge is 0.469 e. The molecule has 4 rings (SSSR count). The zero-order valence-corrected chi connectivity index (χ0v) is 18.9. The zero-order chi connectivity index (χ0) is 18.3. The maximum Gasteiger partial charge on any atom is 0.194 e. The molecule has 8 heteroatoms. The van der Waals surface area contributed by atoms with Crippen LogP contribution in [0.1, 0.15) is 18.6 Å². The first-order valence-corrected chi connectivity index (χ1v) is 10.3. The molecular formula is C20H33IN4O3. The summed E-state index contributed by atoms with van der Waals surface area (Å²) in [6, 6.07) is 4.58. The molecular weight excluding hydrogens is 471 g/mol. The molecule has 1 aromatic heterocycles. The van der Waals surface area contributed by atoms with Gasteiger partial charge in [0.15, 0.2) is 5.96 Å². The first-order valence-electron chi connectivity index (χ1n) is 10.3. The first kappa shape index (κ1) is 21.9. The van der Waals surface area contributed by atoms with Crippen LogP contribution in [0, 0.1) is 5.92 Å². The number of furan rings is 1. The average molecular weight is 504 g/mol. The average Bonchev–Trinajstić information content (AvgIpc) is 3.48. The van der Waals surface area contributed by atoms with E-state index < -0.39 is 0 Å². The van der Waals surface area contributed by atoms with Crippen LogP contribution in [0.3, 0.4) is 0 Å². The van der Waals surface area contributed by atoms with Crippen LogP contribution in [0.15, 0.2) is 27.8 Å². The van der Waals surface area contributed by atoms with Crippen LogP contribution < -0.4 is 5.32 Å². The molecule has 3 aliphatic rings. The number of nitrogens with zero attached hydrogens (tertiary/aromatic N) is 3. The van der Waals surface area contributed by atoms with Crippen LogP contribution in [0.5, 0.6) is 0 Å². The Morgan fingerprint density at radius 3 is 2.79 bits per heavy atom. The fourth-order valence-electron chi connectivity index (χ4n) is 4.14. The van der Waals surface area contributed by atoms with Gasteiger partial charge in [-0.15, -0.1) is 24.0 Å². The molecule has 2 unspecified atom stereocenters. The Kier molecular flexibility index (Phi) is 8.88. The van der Waals surface area contributed by atoms with E-state index in [1.54, 1.807) is 6.26 Å². The first-order chi connectivity index (χ1) is 13.4. The molecule has 0 saturated carbocycles. The number of hydrogen-bond donors (Lipinski definition) is 1. The van der Waals surface area contributed by atoms with Gasteiger partial charge in [-0.3, -0.25) is 9.89 Å². The van der Waals surface area contributed by atoms with Crippen LogP contribution in [0.2, 0.25) is 0 Å². The number of ether oxygens (including phenoxy) is 2. The second-order valence-corrected chi connectivity index (χ2v) is 7.69. The van der Waals surface area contributed by atoms with Gasteiger partial charge in [0.1, 0.15) is 5.76 Å². The molecule has 2 atom stereocenters. The highest BCUT2D eigenvalue weighted by atomic mass is 127. The van der Waals surface area contributed by atoms with Gasteiger partial charge < -0.3 is 24.1 Å². The molecule has 158 valence electrons. The van der Waals surface area contributed by atoms with Crippen LogP contribution in [0.4, 0.5) is 0 Å². The van der Waals surface area contributed by atoms with Crippen molar-refractivity contribution in [2.24, 2.45) is 10.9 Å². The Hall–Kier alpha value is -0.840. The Morgan fingerprint density at radius 1 is 1.14 bits per heavy atom. The number of aliphatic imine (C=N–C) groups is 1. The third-order valence-corrected chi connectivity index (χ3v) is 5.78. The highest BCUT2D eigenvalue weighted by molar-refractivity contribution is 14.0. The van der Waals surface area contributed by atoms with Crippen molar-refractivity contribution in [2.75, 3.05) is 65.7 Å². The van der Waals surface area contributed by atoms with Crippen molar-refractivity contribution < 1.29 is 13.9 Å². The highest BCUT2D eigenvalue weighted by Gasteiger charge is 2.30. The van der Waals surface area contributed by atoms with Gasteiger partial charge in [-0.2, -0.15) is 0 Å². The SMILES string of the molecule is I.c1coc(CCNC(=NCC2CCOC2)N2CCC(N3CCOCC3)C2)c1. The van der Waals surface area contributed by atoms with E-state index in [9.17, 15) is 0 Å². The van der Waals surface area contributed by atoms with E-state index in [0.717, 1.165) is 90.3 Å². The van der Waals surface area contributed by atoms with Crippen LogP contribution in [-0.4, -0.2) is 87.5 Å². The molecule has 1 N–H and O–H groups in total. The van der Waals surface area contributed by atoms with E-state index in [2.05, 4.69) is 15.1 Å². The highest BCUT2D eigenvalue weighted by Crippen LogP contribution is 2.18. The third-order valence-electron chi connectivity index (χ3n) is 5.78. The van der Waals surface area contributed by atoms with Crippen LogP contribution in [-0.2, 0) is 15.9 Å². The van der Waals surface area contributed by atoms with Gasteiger partial charge in [-0.1, -0.05) is 0 Å². The summed E-state index contributed by atoms with van der Waals surface area (Å²) in [7, 11) is 0. The second kappa shape index (κ2) is 11.4. The summed E-state index contributed by atoms with van der Waals surface area (Å²) in [4.78, 5) is 9.97. The van der Waals surface area contributed by atoms with E-state index in [4.69, 9.17) is 18.9 Å². The molecule has 0 spiro atoms. The number of nitrogens with one attached hydrogen (secondary N) is 1. The number of likely N-dealkylation sites (tertiary alicyclic amines) is 1. The standard InChI is InChI=1S/C20H32N4O3.HI/c1-2-19(27-10-1)3-6-21-20(22-14-17-5-11-26-16-17)24-7-4-18(15-24)23-8-12-25-13-9-23;/h1-2,10,17-18H,3-9,11-16H2,(H,21,22);1H. The van der Waals surface area contributed by atoms with Gasteiger partial charge in [-0.25, -0.2) is 0 Å². The van der Waals surface area contributed by atoms with Crippen molar-refractivity contribution in [3.8, 4) is 0 Å². The Morgan fingerprint density at radius 2 is 2.04 bits per heavy atom. The molecule has 0 amide bonds. The lowest BCUT2D eigenvalue weighted by atomic mass is 10.1. The molecule has 1 aromatic rings. The Balaban J connectivity index is 0.00000225. The summed E-state index contributed by atoms with van der Waals surface area (Å²) < 4.78 is 16.5. The van der Waals surface area contributed by atoms with Gasteiger partial charge in [0, 0.05) is 64.3 Å². The van der Waals surface area contributed by atoms with Gasteiger partial charge in [0.05, 0.1) is 26.1 Å². The van der Waals surface area contributed by atoms with E-state index in [0.29, 0.717) is 12.0 Å². The molecule has 0 radical (unpaired) electrons.